The van der Waals surface area contributed by atoms with E-state index in [0.29, 0.717) is 0 Å². The first-order chi connectivity index (χ1) is 4.22. The molecule has 1 rings (SSSR count). The molecule has 0 aromatic carbocycles. The molecular weight excluding hydrogens is 250 g/mol. The van der Waals surface area contributed by atoms with Crippen molar-refractivity contribution < 1.29 is 0 Å². The largest absolute Gasteiger partial charge is 0.358 e. The van der Waals surface area contributed by atoms with Gasteiger partial charge in [-0.2, -0.15) is 0 Å². The molecular formula is C5H6ClIN2. The molecule has 9 heavy (non-hydrogen) atoms. The Morgan fingerprint density at radius 2 is 2.56 bits per heavy atom. The summed E-state index contributed by atoms with van der Waals surface area (Å²) in [5.74, 6) is 0. The molecule has 1 atom stereocenters. The average molecular weight is 256 g/mol. The Labute approximate surface area is 72.7 Å². The zero-order valence-electron chi connectivity index (χ0n) is 4.88. The molecule has 0 fully saturated rings. The molecule has 0 N–H and O–H groups in total. The van der Waals surface area contributed by atoms with Crippen molar-refractivity contribution in [3.05, 3.63) is 12.4 Å². The summed E-state index contributed by atoms with van der Waals surface area (Å²) in [5, 5.41) is 0. The van der Waals surface area contributed by atoms with Crippen LogP contribution in [0.25, 0.3) is 0 Å². The summed E-state index contributed by atoms with van der Waals surface area (Å²) in [7, 11) is 1.92. The molecule has 4 heteroatoms. The van der Waals surface area contributed by atoms with Crippen LogP contribution < -0.4 is 0 Å². The maximum absolute atomic E-state index is 5.85. The Kier molecular flexibility index (Phi) is 2.35. The van der Waals surface area contributed by atoms with Crippen molar-refractivity contribution in [1.29, 1.82) is 0 Å². The highest BCUT2D eigenvalue weighted by molar-refractivity contribution is 14.1. The van der Waals surface area contributed by atoms with E-state index >= 15 is 0 Å². The lowest BCUT2D eigenvalue weighted by atomic mass is 10.5. The number of aliphatic imine (C=N–C) groups is 1. The minimum absolute atomic E-state index is 0.0735. The predicted molar refractivity (Wildman–Crippen MR) is 48.0 cm³/mol. The maximum Gasteiger partial charge on any atom is 0.152 e. The second-order valence-corrected chi connectivity index (χ2v) is 3.27. The molecule has 0 aromatic rings. The summed E-state index contributed by atoms with van der Waals surface area (Å²) in [5.41, 5.74) is -0.0735. The van der Waals surface area contributed by atoms with Crippen molar-refractivity contribution in [2.24, 2.45) is 4.99 Å². The van der Waals surface area contributed by atoms with E-state index in [4.69, 9.17) is 11.6 Å². The molecule has 50 valence electrons. The van der Waals surface area contributed by atoms with Crippen LogP contribution in [-0.2, 0) is 0 Å². The first-order valence-electron chi connectivity index (χ1n) is 2.47. The van der Waals surface area contributed by atoms with Gasteiger partial charge in [0.1, 0.15) is 3.72 Å². The molecule has 0 saturated heterocycles. The summed E-state index contributed by atoms with van der Waals surface area (Å²) >= 11 is 7.98. The van der Waals surface area contributed by atoms with Crippen molar-refractivity contribution in [3.8, 4) is 0 Å². The van der Waals surface area contributed by atoms with Crippen LogP contribution in [0.1, 0.15) is 0 Å². The van der Waals surface area contributed by atoms with Crippen molar-refractivity contribution >= 4 is 37.9 Å². The third kappa shape index (κ3) is 1.58. The third-order valence-corrected chi connectivity index (χ3v) is 2.81. The molecule has 0 radical (unpaired) electrons. The normalized spacial score (nSPS) is 26.3. The lowest BCUT2D eigenvalue weighted by Gasteiger charge is -2.21. The van der Waals surface area contributed by atoms with Gasteiger partial charge in [-0.05, 0) is 22.6 Å². The minimum Gasteiger partial charge on any atom is -0.358 e. The summed E-state index contributed by atoms with van der Waals surface area (Å²) in [6.07, 6.45) is 3.58. The fraction of sp³-hybridized carbons (Fsp3) is 0.400. The highest BCUT2D eigenvalue weighted by Gasteiger charge is 2.14. The summed E-state index contributed by atoms with van der Waals surface area (Å²) in [4.78, 5) is 5.91. The summed E-state index contributed by atoms with van der Waals surface area (Å²) in [6.45, 7) is 0. The van der Waals surface area contributed by atoms with Gasteiger partial charge in [0.2, 0.25) is 0 Å². The minimum atomic E-state index is -0.0735. The van der Waals surface area contributed by atoms with E-state index in [1.54, 1.807) is 6.20 Å². The summed E-state index contributed by atoms with van der Waals surface area (Å²) in [6, 6.07) is 0. The van der Waals surface area contributed by atoms with Gasteiger partial charge in [-0.1, -0.05) is 11.6 Å². The van der Waals surface area contributed by atoms with Gasteiger partial charge in [0.15, 0.2) is 5.50 Å². The monoisotopic (exact) mass is 256 g/mol. The van der Waals surface area contributed by atoms with Gasteiger partial charge >= 0.3 is 0 Å². The van der Waals surface area contributed by atoms with Crippen LogP contribution >= 0.6 is 34.2 Å². The van der Waals surface area contributed by atoms with E-state index < -0.39 is 0 Å². The van der Waals surface area contributed by atoms with Crippen molar-refractivity contribution in [2.75, 3.05) is 7.05 Å². The van der Waals surface area contributed by atoms with Crippen LogP contribution in [0, 0.1) is 0 Å². The number of rotatable bonds is 0. The Morgan fingerprint density at radius 3 is 3.00 bits per heavy atom. The third-order valence-electron chi connectivity index (χ3n) is 1.05. The van der Waals surface area contributed by atoms with E-state index in [-0.39, 0.29) is 5.50 Å². The fourth-order valence-corrected chi connectivity index (χ4v) is 1.24. The van der Waals surface area contributed by atoms with E-state index in [1.165, 1.54) is 0 Å². The van der Waals surface area contributed by atoms with E-state index in [0.717, 1.165) is 3.72 Å². The number of alkyl halides is 1. The lowest BCUT2D eigenvalue weighted by Crippen LogP contribution is -2.28. The Morgan fingerprint density at radius 1 is 1.89 bits per heavy atom. The number of hydrogen-bond acceptors (Lipinski definition) is 2. The molecule has 1 heterocycles. The highest BCUT2D eigenvalue weighted by atomic mass is 127. The first kappa shape index (κ1) is 7.34. The standard InChI is InChI=1S/C5H6ClIN2/c1-9-3-2-8-5(7)4(9)6/h2-4H,1H3. The molecule has 1 aliphatic rings. The van der Waals surface area contributed by atoms with Crippen molar-refractivity contribution in [2.45, 2.75) is 5.50 Å². The smallest absolute Gasteiger partial charge is 0.152 e. The number of nitrogens with zero attached hydrogens (tertiary/aromatic N) is 2. The molecule has 0 saturated carbocycles. The molecule has 0 aromatic heterocycles. The average Bonchev–Trinajstić information content (AvgIpc) is 1.83. The Bertz CT molecular complexity index is 166. The van der Waals surface area contributed by atoms with Crippen LogP contribution in [0.15, 0.2) is 17.4 Å². The van der Waals surface area contributed by atoms with Gasteiger partial charge in [0.25, 0.3) is 0 Å². The zero-order chi connectivity index (χ0) is 6.85. The van der Waals surface area contributed by atoms with Gasteiger partial charge in [0.05, 0.1) is 0 Å². The lowest BCUT2D eigenvalue weighted by molar-refractivity contribution is 0.486. The molecule has 1 aliphatic heterocycles. The SMILES string of the molecule is CN1C=CN=C(I)C1Cl. The second-order valence-electron chi connectivity index (χ2n) is 1.75. The predicted octanol–water partition coefficient (Wildman–Crippen LogP) is 1.80. The fourth-order valence-electron chi connectivity index (χ4n) is 0.515. The zero-order valence-corrected chi connectivity index (χ0v) is 7.80. The first-order valence-corrected chi connectivity index (χ1v) is 3.99. The van der Waals surface area contributed by atoms with E-state index in [1.807, 2.05) is 18.1 Å². The van der Waals surface area contributed by atoms with Crippen molar-refractivity contribution in [3.63, 3.8) is 0 Å². The van der Waals surface area contributed by atoms with Gasteiger partial charge in [-0.15, -0.1) is 0 Å². The van der Waals surface area contributed by atoms with Gasteiger partial charge in [0, 0.05) is 19.4 Å². The Balaban J connectivity index is 2.73. The van der Waals surface area contributed by atoms with Crippen molar-refractivity contribution in [1.82, 2.24) is 4.90 Å². The van der Waals surface area contributed by atoms with Gasteiger partial charge < -0.3 is 4.90 Å². The van der Waals surface area contributed by atoms with Crippen LogP contribution in [-0.4, -0.2) is 21.2 Å². The van der Waals surface area contributed by atoms with E-state index in [2.05, 4.69) is 27.6 Å². The molecule has 0 spiro atoms. The molecule has 1 unspecified atom stereocenters. The maximum atomic E-state index is 5.85. The number of hydrogen-bond donors (Lipinski definition) is 0. The Hall–Kier alpha value is 0.230. The molecule has 2 nitrogen and oxygen atoms in total. The topological polar surface area (TPSA) is 15.6 Å². The summed E-state index contributed by atoms with van der Waals surface area (Å²) < 4.78 is 0.916. The highest BCUT2D eigenvalue weighted by Crippen LogP contribution is 2.14. The molecule has 0 amide bonds. The van der Waals surface area contributed by atoms with Crippen LogP contribution in [0.5, 0.6) is 0 Å². The van der Waals surface area contributed by atoms with Crippen LogP contribution in [0.3, 0.4) is 0 Å². The molecule has 0 aliphatic carbocycles. The quantitative estimate of drug-likeness (QED) is 0.367. The van der Waals surface area contributed by atoms with Crippen LogP contribution in [0.4, 0.5) is 0 Å². The van der Waals surface area contributed by atoms with Gasteiger partial charge in [-0.3, -0.25) is 0 Å². The van der Waals surface area contributed by atoms with Crippen LogP contribution in [0.2, 0.25) is 0 Å². The van der Waals surface area contributed by atoms with E-state index in [9.17, 15) is 0 Å². The molecule has 0 bridgehead atoms. The van der Waals surface area contributed by atoms with Gasteiger partial charge in [-0.25, -0.2) is 4.99 Å². The number of halogens is 2. The second kappa shape index (κ2) is 2.88.